The fourth-order valence-electron chi connectivity index (χ4n) is 3.05. The minimum atomic E-state index is -3.65. The first-order valence-electron chi connectivity index (χ1n) is 7.40. The van der Waals surface area contributed by atoms with E-state index in [4.69, 9.17) is 17.3 Å². The number of benzene rings is 1. The van der Waals surface area contributed by atoms with E-state index in [9.17, 15) is 8.42 Å². The average Bonchev–Trinajstić information content (AvgIpc) is 2.46. The van der Waals surface area contributed by atoms with Gasteiger partial charge in [0.2, 0.25) is 10.0 Å². The molecule has 21 heavy (non-hydrogen) atoms. The van der Waals surface area contributed by atoms with Crippen LogP contribution < -0.4 is 5.73 Å². The summed E-state index contributed by atoms with van der Waals surface area (Å²) in [5, 5.41) is 0.184. The van der Waals surface area contributed by atoms with E-state index in [2.05, 4.69) is 6.92 Å². The molecule has 0 radical (unpaired) electrons. The summed E-state index contributed by atoms with van der Waals surface area (Å²) in [5.74, 6) is 0.725. The van der Waals surface area contributed by atoms with Crippen LogP contribution in [0, 0.1) is 5.92 Å². The summed E-state index contributed by atoms with van der Waals surface area (Å²) in [7, 11) is -2.01. The molecule has 0 heterocycles. The molecule has 0 aliphatic heterocycles. The van der Waals surface area contributed by atoms with E-state index in [1.165, 1.54) is 10.7 Å². The molecule has 2 N–H and O–H groups in total. The number of rotatable bonds is 4. The smallest absolute Gasteiger partial charge is 0.246 e. The van der Waals surface area contributed by atoms with Gasteiger partial charge in [-0.15, -0.1) is 0 Å². The predicted molar refractivity (Wildman–Crippen MR) is 86.9 cm³/mol. The number of hydrogen-bond acceptors (Lipinski definition) is 3. The van der Waals surface area contributed by atoms with Crippen molar-refractivity contribution < 1.29 is 8.42 Å². The first-order valence-corrected chi connectivity index (χ1v) is 9.21. The molecular weight excluding hydrogens is 308 g/mol. The molecule has 1 aromatic carbocycles. The molecule has 1 fully saturated rings. The second-order valence-electron chi connectivity index (χ2n) is 5.76. The Morgan fingerprint density at radius 3 is 2.43 bits per heavy atom. The van der Waals surface area contributed by atoms with Crippen LogP contribution in [0.4, 0.5) is 5.69 Å². The largest absolute Gasteiger partial charge is 0.398 e. The van der Waals surface area contributed by atoms with E-state index < -0.39 is 10.0 Å². The Balaban J connectivity index is 2.24. The van der Waals surface area contributed by atoms with Gasteiger partial charge in [0.1, 0.15) is 4.90 Å². The minimum absolute atomic E-state index is 0.0341. The maximum Gasteiger partial charge on any atom is 0.246 e. The van der Waals surface area contributed by atoms with E-state index in [-0.39, 0.29) is 21.6 Å². The number of anilines is 1. The molecule has 0 bridgehead atoms. The van der Waals surface area contributed by atoms with Crippen molar-refractivity contribution in [3.63, 3.8) is 0 Å². The maximum atomic E-state index is 12.8. The van der Waals surface area contributed by atoms with Gasteiger partial charge >= 0.3 is 0 Å². The zero-order valence-corrected chi connectivity index (χ0v) is 14.1. The van der Waals surface area contributed by atoms with E-state index in [1.54, 1.807) is 25.2 Å². The van der Waals surface area contributed by atoms with Gasteiger partial charge in [0, 0.05) is 13.1 Å². The molecule has 1 saturated carbocycles. The third kappa shape index (κ3) is 3.35. The Morgan fingerprint density at radius 2 is 1.90 bits per heavy atom. The van der Waals surface area contributed by atoms with Crippen LogP contribution in [0.1, 0.15) is 39.0 Å². The van der Waals surface area contributed by atoms with E-state index >= 15 is 0 Å². The highest BCUT2D eigenvalue weighted by atomic mass is 35.5. The Bertz CT molecular complexity index is 575. The van der Waals surface area contributed by atoms with E-state index in [1.807, 2.05) is 0 Å². The number of sulfonamides is 1. The first kappa shape index (κ1) is 16.6. The molecule has 0 amide bonds. The summed E-state index contributed by atoms with van der Waals surface area (Å²) < 4.78 is 27.0. The lowest BCUT2D eigenvalue weighted by Gasteiger charge is -2.34. The van der Waals surface area contributed by atoms with Gasteiger partial charge in [-0.25, -0.2) is 8.42 Å². The lowest BCUT2D eigenvalue weighted by molar-refractivity contribution is 0.233. The lowest BCUT2D eigenvalue weighted by atomic mass is 9.85. The molecule has 4 nitrogen and oxygen atoms in total. The number of nitrogen functional groups attached to an aromatic ring is 1. The first-order chi connectivity index (χ1) is 9.87. The fraction of sp³-hybridized carbons (Fsp3) is 0.600. The standard InChI is InChI=1S/C15H23ClN2O2S/c1-3-11-7-9-12(10-8-11)18(2)21(19,20)15-13(16)5-4-6-14(15)17/h4-6,11-12H,3,7-10,17H2,1-2H3. The second kappa shape index (κ2) is 6.55. The third-order valence-electron chi connectivity index (χ3n) is 4.54. The minimum Gasteiger partial charge on any atom is -0.398 e. The third-order valence-corrected chi connectivity index (χ3v) is 7.00. The quantitative estimate of drug-likeness (QED) is 0.859. The Morgan fingerprint density at radius 1 is 1.29 bits per heavy atom. The van der Waals surface area contributed by atoms with Gasteiger partial charge < -0.3 is 5.73 Å². The average molecular weight is 331 g/mol. The number of nitrogens with two attached hydrogens (primary N) is 1. The topological polar surface area (TPSA) is 63.4 Å². The van der Waals surface area contributed by atoms with Crippen LogP contribution in [-0.4, -0.2) is 25.8 Å². The molecule has 0 spiro atoms. The van der Waals surface area contributed by atoms with Crippen LogP contribution >= 0.6 is 11.6 Å². The molecule has 0 saturated heterocycles. The Kier molecular flexibility index (Phi) is 5.17. The van der Waals surface area contributed by atoms with Crippen molar-refractivity contribution in [2.75, 3.05) is 12.8 Å². The molecule has 2 rings (SSSR count). The van der Waals surface area contributed by atoms with Gasteiger partial charge in [-0.2, -0.15) is 4.31 Å². The monoisotopic (exact) mass is 330 g/mol. The number of halogens is 1. The molecule has 0 atom stereocenters. The van der Waals surface area contributed by atoms with Gasteiger partial charge in [-0.3, -0.25) is 0 Å². The maximum absolute atomic E-state index is 12.8. The number of nitrogens with zero attached hydrogens (tertiary/aromatic N) is 1. The summed E-state index contributed by atoms with van der Waals surface area (Å²) in [4.78, 5) is 0.0341. The molecule has 1 aromatic rings. The van der Waals surface area contributed by atoms with Crippen LogP contribution in [0.2, 0.25) is 5.02 Å². The summed E-state index contributed by atoms with van der Waals surface area (Å²) in [6.45, 7) is 2.19. The normalized spacial score (nSPS) is 23.4. The highest BCUT2D eigenvalue weighted by Crippen LogP contribution is 2.34. The Labute approximate surface area is 132 Å². The zero-order chi connectivity index (χ0) is 15.6. The number of hydrogen-bond donors (Lipinski definition) is 1. The van der Waals surface area contributed by atoms with Crippen molar-refractivity contribution in [1.82, 2.24) is 4.31 Å². The van der Waals surface area contributed by atoms with Gasteiger partial charge in [0.15, 0.2) is 0 Å². The van der Waals surface area contributed by atoms with E-state index in [0.717, 1.165) is 31.6 Å². The van der Waals surface area contributed by atoms with Gasteiger partial charge in [0.05, 0.1) is 10.7 Å². The second-order valence-corrected chi connectivity index (χ2v) is 8.10. The molecule has 0 unspecified atom stereocenters. The summed E-state index contributed by atoms with van der Waals surface area (Å²) >= 11 is 6.06. The molecule has 118 valence electrons. The van der Waals surface area contributed by atoms with Gasteiger partial charge in [-0.05, 0) is 43.7 Å². The zero-order valence-electron chi connectivity index (χ0n) is 12.5. The lowest BCUT2D eigenvalue weighted by Crippen LogP contribution is -2.39. The Hall–Kier alpha value is -0.780. The van der Waals surface area contributed by atoms with Crippen molar-refractivity contribution in [2.45, 2.75) is 50.0 Å². The van der Waals surface area contributed by atoms with Crippen LogP contribution in [0.25, 0.3) is 0 Å². The highest BCUT2D eigenvalue weighted by Gasteiger charge is 2.33. The molecule has 0 aromatic heterocycles. The van der Waals surface area contributed by atoms with Gasteiger partial charge in [0.25, 0.3) is 0 Å². The van der Waals surface area contributed by atoms with E-state index in [0.29, 0.717) is 0 Å². The highest BCUT2D eigenvalue weighted by molar-refractivity contribution is 7.89. The van der Waals surface area contributed by atoms with Crippen LogP contribution in [0.15, 0.2) is 23.1 Å². The van der Waals surface area contributed by atoms with Crippen LogP contribution in [0.3, 0.4) is 0 Å². The molecular formula is C15H23ClN2O2S. The molecule has 1 aliphatic carbocycles. The van der Waals surface area contributed by atoms with Crippen molar-refractivity contribution in [3.8, 4) is 0 Å². The van der Waals surface area contributed by atoms with Gasteiger partial charge in [-0.1, -0.05) is 31.0 Å². The summed E-state index contributed by atoms with van der Waals surface area (Å²) in [6.07, 6.45) is 5.13. The van der Waals surface area contributed by atoms with Crippen LogP contribution in [-0.2, 0) is 10.0 Å². The summed E-state index contributed by atoms with van der Waals surface area (Å²) in [6, 6.07) is 4.82. The molecule has 1 aliphatic rings. The van der Waals surface area contributed by atoms with Crippen molar-refractivity contribution in [2.24, 2.45) is 5.92 Å². The van der Waals surface area contributed by atoms with Crippen molar-refractivity contribution >= 4 is 27.3 Å². The predicted octanol–water partition coefficient (Wildman–Crippen LogP) is 3.51. The summed E-state index contributed by atoms with van der Waals surface area (Å²) in [5.41, 5.74) is 6.03. The SMILES string of the molecule is CCC1CCC(N(C)S(=O)(=O)c2c(N)cccc2Cl)CC1. The fourth-order valence-corrected chi connectivity index (χ4v) is 5.10. The van der Waals surface area contributed by atoms with Crippen molar-refractivity contribution in [3.05, 3.63) is 23.2 Å². The van der Waals surface area contributed by atoms with Crippen LogP contribution in [0.5, 0.6) is 0 Å². The molecule has 6 heteroatoms. The van der Waals surface area contributed by atoms with Crippen molar-refractivity contribution in [1.29, 1.82) is 0 Å².